The number of rotatable bonds is 14. The number of nitro groups is 1. The van der Waals surface area contributed by atoms with Gasteiger partial charge in [0, 0.05) is 17.7 Å². The third-order valence-electron chi connectivity index (χ3n) is 4.41. The Morgan fingerprint density at radius 1 is 1.06 bits per heavy atom. The number of benzene rings is 2. The van der Waals surface area contributed by atoms with E-state index in [1.807, 2.05) is 13.2 Å². The van der Waals surface area contributed by atoms with Gasteiger partial charge in [0.05, 0.1) is 11.5 Å². The van der Waals surface area contributed by atoms with E-state index in [-0.39, 0.29) is 24.5 Å². The maximum atomic E-state index is 12.5. The Kier molecular flexibility index (Phi) is 11.0. The number of carbonyl (C=O) groups is 2. The van der Waals surface area contributed by atoms with Gasteiger partial charge in [0.2, 0.25) is 0 Å². The van der Waals surface area contributed by atoms with Crippen LogP contribution in [-0.2, 0) is 9.53 Å². The van der Waals surface area contributed by atoms with Crippen LogP contribution in [0.4, 0.5) is 5.69 Å². The molecule has 0 bridgehead atoms. The minimum Gasteiger partial charge on any atom is -0.494 e. The molecule has 0 fully saturated rings. The fourth-order valence-electron chi connectivity index (χ4n) is 2.74. The van der Waals surface area contributed by atoms with Gasteiger partial charge in [-0.05, 0) is 55.2 Å². The molecule has 0 spiro atoms. The normalized spacial score (nSPS) is 11.3. The van der Waals surface area contributed by atoms with E-state index in [0.29, 0.717) is 24.5 Å². The number of nitro benzene ring substituents is 1. The molecule has 1 N–H and O–H groups in total. The van der Waals surface area contributed by atoms with Gasteiger partial charge in [0.15, 0.2) is 0 Å². The van der Waals surface area contributed by atoms with Crippen LogP contribution < -0.4 is 14.8 Å². The van der Waals surface area contributed by atoms with Gasteiger partial charge >= 0.3 is 5.97 Å². The van der Waals surface area contributed by atoms with E-state index >= 15 is 0 Å². The Bertz CT molecular complexity index is 921. The Balaban J connectivity index is 1.86. The molecule has 1 amide bonds. The van der Waals surface area contributed by atoms with Crippen LogP contribution in [0.1, 0.15) is 30.1 Å². The molecule has 0 aliphatic carbocycles. The van der Waals surface area contributed by atoms with E-state index in [1.54, 1.807) is 24.3 Å². The van der Waals surface area contributed by atoms with Crippen LogP contribution in [0.25, 0.3) is 0 Å². The number of thioether (sulfide) groups is 1. The van der Waals surface area contributed by atoms with Crippen LogP contribution in [0.2, 0.25) is 0 Å². The van der Waals surface area contributed by atoms with E-state index in [4.69, 9.17) is 14.2 Å². The molecule has 1 atom stereocenters. The van der Waals surface area contributed by atoms with Crippen molar-refractivity contribution in [1.29, 1.82) is 0 Å². The molecule has 2 aromatic carbocycles. The number of ether oxygens (including phenoxy) is 3. The third-order valence-corrected chi connectivity index (χ3v) is 5.06. The average molecular weight is 477 g/mol. The minimum absolute atomic E-state index is 0.00929. The van der Waals surface area contributed by atoms with E-state index < -0.39 is 22.8 Å². The molecule has 2 aromatic rings. The smallest absolute Gasteiger partial charge is 0.328 e. The van der Waals surface area contributed by atoms with Gasteiger partial charge in [0.25, 0.3) is 11.6 Å². The lowest BCUT2D eigenvalue weighted by Gasteiger charge is -2.17. The number of amides is 1. The lowest BCUT2D eigenvalue weighted by Crippen LogP contribution is -2.42. The molecular weight excluding hydrogens is 448 g/mol. The first-order valence-electron chi connectivity index (χ1n) is 10.5. The summed E-state index contributed by atoms with van der Waals surface area (Å²) in [6.07, 6.45) is 3.17. The number of hydrogen-bond donors (Lipinski definition) is 1. The Morgan fingerprint density at radius 2 is 1.73 bits per heavy atom. The standard InChI is InChI=1S/C23H28N2O7S/c1-3-12-30-19-7-9-20(10-8-19)31-13-14-32-23(27)21(11-15-33-2)24-22(26)17-5-4-6-18(16-17)25(28)29/h4-10,16,21H,3,11-15H2,1-2H3,(H,24,26). The molecule has 10 heteroatoms. The van der Waals surface area contributed by atoms with Crippen molar-refractivity contribution in [3.63, 3.8) is 0 Å². The highest BCUT2D eigenvalue weighted by Crippen LogP contribution is 2.18. The molecule has 0 heterocycles. The summed E-state index contributed by atoms with van der Waals surface area (Å²) in [6, 6.07) is 11.6. The summed E-state index contributed by atoms with van der Waals surface area (Å²) in [4.78, 5) is 35.4. The van der Waals surface area contributed by atoms with Gasteiger partial charge in [0.1, 0.15) is 30.8 Å². The number of nitrogens with one attached hydrogen (secondary N) is 1. The predicted molar refractivity (Wildman–Crippen MR) is 126 cm³/mol. The number of carbonyl (C=O) groups excluding carboxylic acids is 2. The summed E-state index contributed by atoms with van der Waals surface area (Å²) in [5.41, 5.74) is -0.103. The van der Waals surface area contributed by atoms with Crippen molar-refractivity contribution in [2.24, 2.45) is 0 Å². The summed E-state index contributed by atoms with van der Waals surface area (Å²) >= 11 is 1.52. The van der Waals surface area contributed by atoms with Crippen LogP contribution in [0.5, 0.6) is 11.5 Å². The lowest BCUT2D eigenvalue weighted by atomic mass is 10.1. The largest absolute Gasteiger partial charge is 0.494 e. The summed E-state index contributed by atoms with van der Waals surface area (Å²) < 4.78 is 16.4. The molecule has 0 aliphatic rings. The molecule has 0 saturated carbocycles. The number of esters is 1. The van der Waals surface area contributed by atoms with Crippen LogP contribution in [-0.4, -0.2) is 54.7 Å². The Hall–Kier alpha value is -3.27. The number of hydrogen-bond acceptors (Lipinski definition) is 8. The van der Waals surface area contributed by atoms with Crippen molar-refractivity contribution < 1.29 is 28.7 Å². The Labute approximate surface area is 196 Å². The zero-order chi connectivity index (χ0) is 24.1. The maximum Gasteiger partial charge on any atom is 0.328 e. The monoisotopic (exact) mass is 476 g/mol. The fourth-order valence-corrected chi connectivity index (χ4v) is 3.21. The quantitative estimate of drug-likeness (QED) is 0.189. The maximum absolute atomic E-state index is 12.5. The fraction of sp³-hybridized carbons (Fsp3) is 0.391. The van der Waals surface area contributed by atoms with Gasteiger partial charge < -0.3 is 19.5 Å². The minimum atomic E-state index is -0.876. The zero-order valence-corrected chi connectivity index (χ0v) is 19.5. The molecular formula is C23H28N2O7S. The molecule has 0 saturated heterocycles. The van der Waals surface area contributed by atoms with E-state index in [0.717, 1.165) is 12.2 Å². The lowest BCUT2D eigenvalue weighted by molar-refractivity contribution is -0.384. The van der Waals surface area contributed by atoms with Crippen LogP contribution in [0, 0.1) is 10.1 Å². The van der Waals surface area contributed by atoms with Crippen molar-refractivity contribution >= 4 is 29.3 Å². The molecule has 0 aromatic heterocycles. The van der Waals surface area contributed by atoms with E-state index in [9.17, 15) is 19.7 Å². The molecule has 0 aliphatic heterocycles. The van der Waals surface area contributed by atoms with Gasteiger partial charge in [-0.3, -0.25) is 14.9 Å². The van der Waals surface area contributed by atoms with Crippen molar-refractivity contribution in [1.82, 2.24) is 5.32 Å². The highest BCUT2D eigenvalue weighted by Gasteiger charge is 2.23. The molecule has 9 nitrogen and oxygen atoms in total. The highest BCUT2D eigenvalue weighted by atomic mass is 32.2. The van der Waals surface area contributed by atoms with Crippen LogP contribution in [0.3, 0.4) is 0 Å². The second kappa shape index (κ2) is 14.0. The number of nitrogens with zero attached hydrogens (tertiary/aromatic N) is 1. The van der Waals surface area contributed by atoms with E-state index in [1.165, 1.54) is 36.0 Å². The number of non-ortho nitro benzene ring substituents is 1. The van der Waals surface area contributed by atoms with Gasteiger partial charge in [-0.25, -0.2) is 4.79 Å². The first kappa shape index (κ1) is 26.0. The van der Waals surface area contributed by atoms with Crippen molar-refractivity contribution in [3.8, 4) is 11.5 Å². The molecule has 2 rings (SSSR count). The van der Waals surface area contributed by atoms with Crippen molar-refractivity contribution in [3.05, 3.63) is 64.2 Å². The second-order valence-electron chi connectivity index (χ2n) is 6.95. The van der Waals surface area contributed by atoms with E-state index in [2.05, 4.69) is 5.32 Å². The topological polar surface area (TPSA) is 117 Å². The van der Waals surface area contributed by atoms with Crippen LogP contribution in [0.15, 0.2) is 48.5 Å². The van der Waals surface area contributed by atoms with Gasteiger partial charge in [-0.1, -0.05) is 13.0 Å². The van der Waals surface area contributed by atoms with Crippen molar-refractivity contribution in [2.75, 3.05) is 31.8 Å². The first-order chi connectivity index (χ1) is 15.9. The summed E-state index contributed by atoms with van der Waals surface area (Å²) in [6.45, 7) is 2.83. The zero-order valence-electron chi connectivity index (χ0n) is 18.7. The summed E-state index contributed by atoms with van der Waals surface area (Å²) in [5, 5.41) is 13.5. The second-order valence-corrected chi connectivity index (χ2v) is 7.94. The highest BCUT2D eigenvalue weighted by molar-refractivity contribution is 7.98. The third kappa shape index (κ3) is 9.01. The molecule has 1 unspecified atom stereocenters. The molecule has 33 heavy (non-hydrogen) atoms. The molecule has 178 valence electrons. The van der Waals surface area contributed by atoms with Crippen LogP contribution >= 0.6 is 11.8 Å². The van der Waals surface area contributed by atoms with Gasteiger partial charge in [-0.2, -0.15) is 11.8 Å². The Morgan fingerprint density at radius 3 is 2.33 bits per heavy atom. The van der Waals surface area contributed by atoms with Crippen molar-refractivity contribution in [2.45, 2.75) is 25.8 Å². The summed E-state index contributed by atoms with van der Waals surface area (Å²) in [7, 11) is 0. The summed E-state index contributed by atoms with van der Waals surface area (Å²) in [5.74, 6) is 0.829. The predicted octanol–water partition coefficient (Wildman–Crippen LogP) is 3.86. The van der Waals surface area contributed by atoms with Gasteiger partial charge in [-0.15, -0.1) is 0 Å². The first-order valence-corrected chi connectivity index (χ1v) is 11.9. The SMILES string of the molecule is CCCOc1ccc(OCCOC(=O)C(CCSC)NC(=O)c2cccc([N+](=O)[O-])c2)cc1. The average Bonchev–Trinajstić information content (AvgIpc) is 2.83. The molecule has 0 radical (unpaired) electrons.